The highest BCUT2D eigenvalue weighted by Crippen LogP contribution is 2.34. The molecule has 7 nitrogen and oxygen atoms in total. The van der Waals surface area contributed by atoms with Crippen LogP contribution in [0.4, 0.5) is 16.2 Å². The lowest BCUT2D eigenvalue weighted by Gasteiger charge is -2.27. The van der Waals surface area contributed by atoms with Crippen molar-refractivity contribution in [2.75, 3.05) is 16.8 Å². The molecule has 1 saturated carbocycles. The lowest BCUT2D eigenvalue weighted by Crippen LogP contribution is -2.43. The molecule has 2 aromatic carbocycles. The van der Waals surface area contributed by atoms with Crippen LogP contribution < -0.4 is 15.0 Å². The highest BCUT2D eigenvalue weighted by Gasteiger charge is 2.49. The number of benzene rings is 2. The third-order valence-corrected chi connectivity index (χ3v) is 6.22. The van der Waals surface area contributed by atoms with Crippen LogP contribution in [0.15, 0.2) is 48.5 Å². The van der Waals surface area contributed by atoms with Crippen molar-refractivity contribution >= 4 is 29.2 Å². The van der Waals surface area contributed by atoms with E-state index in [0.717, 1.165) is 43.4 Å². The van der Waals surface area contributed by atoms with Gasteiger partial charge < -0.3 is 15.0 Å². The zero-order valence-electron chi connectivity index (χ0n) is 19.3. The Morgan fingerprint density at radius 2 is 1.82 bits per heavy atom. The molecule has 1 aliphatic carbocycles. The van der Waals surface area contributed by atoms with Crippen molar-refractivity contribution in [3.05, 3.63) is 54.1 Å². The number of carbonyl (C=O) groups is 3. The predicted molar refractivity (Wildman–Crippen MR) is 127 cm³/mol. The third-order valence-electron chi connectivity index (χ3n) is 6.22. The molecule has 0 radical (unpaired) electrons. The molecule has 2 aliphatic rings. The van der Waals surface area contributed by atoms with E-state index < -0.39 is 6.04 Å². The molecule has 0 bridgehead atoms. The Morgan fingerprint density at radius 1 is 1.09 bits per heavy atom. The summed E-state index contributed by atoms with van der Waals surface area (Å²) in [6, 6.07) is 13.4. The molecule has 2 fully saturated rings. The van der Waals surface area contributed by atoms with Crippen LogP contribution in [0.25, 0.3) is 0 Å². The molecule has 174 valence electrons. The van der Waals surface area contributed by atoms with E-state index in [4.69, 9.17) is 4.74 Å². The number of aryl methyl sites for hydroxylation is 1. The zero-order valence-corrected chi connectivity index (χ0v) is 19.3. The van der Waals surface area contributed by atoms with Gasteiger partial charge in [-0.05, 0) is 68.1 Å². The Kier molecular flexibility index (Phi) is 6.96. The van der Waals surface area contributed by atoms with Crippen molar-refractivity contribution in [2.45, 2.75) is 64.5 Å². The summed E-state index contributed by atoms with van der Waals surface area (Å²) in [5, 5.41) is 2.86. The third kappa shape index (κ3) is 5.02. The Bertz CT molecular complexity index is 1010. The number of nitrogens with one attached hydrogen (secondary N) is 1. The molecule has 2 aromatic rings. The minimum atomic E-state index is -0.798. The van der Waals surface area contributed by atoms with Crippen LogP contribution in [-0.4, -0.2) is 41.4 Å². The number of rotatable bonds is 8. The summed E-state index contributed by atoms with van der Waals surface area (Å²) in [4.78, 5) is 42.5. The lowest BCUT2D eigenvalue weighted by molar-refractivity contribution is -0.124. The summed E-state index contributed by atoms with van der Waals surface area (Å²) in [6.45, 7) is 4.60. The fraction of sp³-hybridized carbons (Fsp3) is 0.423. The van der Waals surface area contributed by atoms with Gasteiger partial charge in [-0.2, -0.15) is 0 Å². The summed E-state index contributed by atoms with van der Waals surface area (Å²) < 4.78 is 5.57. The smallest absolute Gasteiger partial charge is 0.332 e. The number of anilines is 2. The minimum absolute atomic E-state index is 0.0101. The van der Waals surface area contributed by atoms with Gasteiger partial charge in [0.2, 0.25) is 5.91 Å². The second-order valence-electron chi connectivity index (χ2n) is 8.78. The summed E-state index contributed by atoms with van der Waals surface area (Å²) in [5.41, 5.74) is 2.15. The zero-order chi connectivity index (χ0) is 23.4. The van der Waals surface area contributed by atoms with Crippen molar-refractivity contribution in [1.29, 1.82) is 0 Å². The van der Waals surface area contributed by atoms with Gasteiger partial charge in [0.1, 0.15) is 11.8 Å². The summed E-state index contributed by atoms with van der Waals surface area (Å²) in [7, 11) is 0. The largest absolute Gasteiger partial charge is 0.494 e. The molecule has 1 heterocycles. The van der Waals surface area contributed by atoms with Gasteiger partial charge in [0, 0.05) is 11.7 Å². The number of urea groups is 1. The van der Waals surface area contributed by atoms with Crippen molar-refractivity contribution in [3.8, 4) is 5.75 Å². The number of hydrogen-bond donors (Lipinski definition) is 1. The molecule has 1 aliphatic heterocycles. The van der Waals surface area contributed by atoms with Crippen LogP contribution in [-0.2, 0) is 9.59 Å². The van der Waals surface area contributed by atoms with Gasteiger partial charge in [0.05, 0.1) is 18.7 Å². The van der Waals surface area contributed by atoms with E-state index in [1.807, 2.05) is 32.0 Å². The average Bonchev–Trinajstić information content (AvgIpc) is 3.40. The van der Waals surface area contributed by atoms with Crippen LogP contribution >= 0.6 is 0 Å². The van der Waals surface area contributed by atoms with E-state index in [0.29, 0.717) is 18.0 Å². The van der Waals surface area contributed by atoms with E-state index in [9.17, 15) is 14.4 Å². The number of hydrogen-bond acceptors (Lipinski definition) is 4. The monoisotopic (exact) mass is 449 g/mol. The molecule has 33 heavy (non-hydrogen) atoms. The molecule has 0 unspecified atom stereocenters. The van der Waals surface area contributed by atoms with E-state index in [1.165, 1.54) is 4.90 Å². The SMILES string of the molecule is CCCOc1ccc(NC(=O)C[C@H]2C(=O)N(c3cccc(C)c3)C(=O)N2C2CCCC2)cc1. The molecule has 1 N–H and O–H groups in total. The quantitative estimate of drug-likeness (QED) is 0.582. The highest BCUT2D eigenvalue weighted by atomic mass is 16.5. The summed E-state index contributed by atoms with van der Waals surface area (Å²) in [6.07, 6.45) is 4.62. The predicted octanol–water partition coefficient (Wildman–Crippen LogP) is 4.89. The Morgan fingerprint density at radius 3 is 2.48 bits per heavy atom. The number of ether oxygens (including phenoxy) is 1. The van der Waals surface area contributed by atoms with Crippen LogP contribution in [0.2, 0.25) is 0 Å². The van der Waals surface area contributed by atoms with E-state index >= 15 is 0 Å². The van der Waals surface area contributed by atoms with Gasteiger partial charge in [-0.3, -0.25) is 9.59 Å². The average molecular weight is 450 g/mol. The standard InChI is InChI=1S/C26H31N3O4/c1-3-15-33-22-13-11-19(12-14-22)27-24(30)17-23-25(31)29(21-10-6-7-18(2)16-21)26(32)28(23)20-8-4-5-9-20/h6-7,10-14,16,20,23H,3-5,8-9,15,17H2,1-2H3,(H,27,30)/t23-/m0/s1. The van der Waals surface area contributed by atoms with Crippen molar-refractivity contribution in [3.63, 3.8) is 0 Å². The van der Waals surface area contributed by atoms with Crippen molar-refractivity contribution in [2.24, 2.45) is 0 Å². The number of imide groups is 1. The first-order chi connectivity index (χ1) is 16.0. The lowest BCUT2D eigenvalue weighted by atomic mass is 10.1. The Balaban J connectivity index is 1.50. The first-order valence-corrected chi connectivity index (χ1v) is 11.7. The molecular weight excluding hydrogens is 418 g/mol. The summed E-state index contributed by atoms with van der Waals surface area (Å²) in [5.74, 6) is 0.112. The molecule has 0 spiro atoms. The fourth-order valence-electron chi connectivity index (χ4n) is 4.64. The van der Waals surface area contributed by atoms with Gasteiger partial charge in [0.15, 0.2) is 0 Å². The van der Waals surface area contributed by atoms with Gasteiger partial charge in [-0.1, -0.05) is 31.9 Å². The van der Waals surface area contributed by atoms with E-state index in [-0.39, 0.29) is 30.3 Å². The highest BCUT2D eigenvalue weighted by molar-refractivity contribution is 6.22. The fourth-order valence-corrected chi connectivity index (χ4v) is 4.64. The molecular formula is C26H31N3O4. The van der Waals surface area contributed by atoms with Crippen molar-refractivity contribution < 1.29 is 19.1 Å². The molecule has 0 aromatic heterocycles. The Hall–Kier alpha value is -3.35. The van der Waals surface area contributed by atoms with Crippen LogP contribution in [0.1, 0.15) is 51.0 Å². The number of nitrogens with zero attached hydrogens (tertiary/aromatic N) is 2. The van der Waals surface area contributed by atoms with Gasteiger partial charge >= 0.3 is 6.03 Å². The first-order valence-electron chi connectivity index (χ1n) is 11.7. The maximum absolute atomic E-state index is 13.4. The normalized spacial score (nSPS) is 18.8. The van der Waals surface area contributed by atoms with Gasteiger partial charge in [-0.15, -0.1) is 0 Å². The van der Waals surface area contributed by atoms with Crippen LogP contribution in [0.3, 0.4) is 0 Å². The van der Waals surface area contributed by atoms with Gasteiger partial charge in [0.25, 0.3) is 5.91 Å². The second kappa shape index (κ2) is 10.1. The van der Waals surface area contributed by atoms with Crippen LogP contribution in [0.5, 0.6) is 5.75 Å². The number of carbonyl (C=O) groups excluding carboxylic acids is 3. The molecule has 7 heteroatoms. The minimum Gasteiger partial charge on any atom is -0.494 e. The maximum atomic E-state index is 13.4. The second-order valence-corrected chi connectivity index (χ2v) is 8.78. The molecule has 1 saturated heterocycles. The number of amides is 4. The van der Waals surface area contributed by atoms with Gasteiger partial charge in [-0.25, -0.2) is 9.69 Å². The van der Waals surface area contributed by atoms with E-state index in [2.05, 4.69) is 5.32 Å². The van der Waals surface area contributed by atoms with E-state index in [1.54, 1.807) is 35.2 Å². The van der Waals surface area contributed by atoms with Crippen molar-refractivity contribution in [1.82, 2.24) is 4.90 Å². The summed E-state index contributed by atoms with van der Waals surface area (Å²) >= 11 is 0. The Labute approximate surface area is 194 Å². The van der Waals surface area contributed by atoms with Crippen LogP contribution in [0, 0.1) is 6.92 Å². The maximum Gasteiger partial charge on any atom is 0.332 e. The molecule has 4 amide bonds. The topological polar surface area (TPSA) is 79.0 Å². The molecule has 1 atom stereocenters. The first kappa shape index (κ1) is 22.8. The molecule has 4 rings (SSSR count).